The lowest BCUT2D eigenvalue weighted by atomic mass is 9.97. The largest absolute Gasteiger partial charge is 0.516 e. The molecule has 1 amide bonds. The Bertz CT molecular complexity index is 1020. The maximum Gasteiger partial charge on any atom is 0.516 e. The number of alkyl halides is 3. The molecule has 0 aliphatic carbocycles. The highest BCUT2D eigenvalue weighted by Crippen LogP contribution is 2.30. The van der Waals surface area contributed by atoms with Crippen molar-refractivity contribution in [3.05, 3.63) is 42.0 Å². The Morgan fingerprint density at radius 3 is 2.25 bits per heavy atom. The molecule has 0 radical (unpaired) electrons. The van der Waals surface area contributed by atoms with Gasteiger partial charge in [-0.05, 0) is 37.8 Å². The summed E-state index contributed by atoms with van der Waals surface area (Å²) in [6.07, 6.45) is -0.653. The van der Waals surface area contributed by atoms with Gasteiger partial charge >= 0.3 is 21.5 Å². The molecular formula is C18H18F3NO5S. The normalized spacial score (nSPS) is 12.6. The van der Waals surface area contributed by atoms with Crippen LogP contribution in [0.15, 0.2) is 36.4 Å². The van der Waals surface area contributed by atoms with Crippen molar-refractivity contribution >= 4 is 32.7 Å². The van der Waals surface area contributed by atoms with E-state index in [9.17, 15) is 31.2 Å². The molecule has 0 atom stereocenters. The van der Waals surface area contributed by atoms with Gasteiger partial charge < -0.3 is 4.74 Å². The van der Waals surface area contributed by atoms with Crippen LogP contribution in [0, 0.1) is 5.41 Å². The number of rotatable bonds is 4. The SMILES string of the molecule is CC(C)(C)C(=O)Oc1cc(CC(=O)NS(=O)(=O)C(F)(F)F)cc2ccccc12. The molecule has 0 saturated carbocycles. The van der Waals surface area contributed by atoms with E-state index >= 15 is 0 Å². The minimum absolute atomic E-state index is 0.125. The van der Waals surface area contributed by atoms with Gasteiger partial charge in [0.15, 0.2) is 0 Å². The van der Waals surface area contributed by atoms with E-state index in [1.165, 1.54) is 12.1 Å². The van der Waals surface area contributed by atoms with Crippen molar-refractivity contribution in [2.45, 2.75) is 32.7 Å². The topological polar surface area (TPSA) is 89.5 Å². The lowest BCUT2D eigenvalue weighted by Gasteiger charge is -2.18. The summed E-state index contributed by atoms with van der Waals surface area (Å²) in [6.45, 7) is 4.95. The molecule has 28 heavy (non-hydrogen) atoms. The van der Waals surface area contributed by atoms with Gasteiger partial charge in [-0.1, -0.05) is 30.3 Å². The Balaban J connectivity index is 2.36. The van der Waals surface area contributed by atoms with Crippen molar-refractivity contribution in [3.8, 4) is 5.75 Å². The first kappa shape index (κ1) is 21.7. The van der Waals surface area contributed by atoms with E-state index in [0.717, 1.165) is 4.72 Å². The second-order valence-corrected chi connectivity index (χ2v) is 8.78. The molecule has 10 heteroatoms. The second kappa shape index (κ2) is 7.42. The molecule has 0 heterocycles. The van der Waals surface area contributed by atoms with Gasteiger partial charge in [-0.2, -0.15) is 21.6 Å². The molecule has 2 aromatic rings. The van der Waals surface area contributed by atoms with Gasteiger partial charge in [0, 0.05) is 5.39 Å². The number of ether oxygens (including phenoxy) is 1. The van der Waals surface area contributed by atoms with Crippen LogP contribution < -0.4 is 9.46 Å². The highest BCUT2D eigenvalue weighted by atomic mass is 32.2. The number of benzene rings is 2. The first-order valence-corrected chi connectivity index (χ1v) is 9.55. The van der Waals surface area contributed by atoms with Crippen LogP contribution in [0.4, 0.5) is 13.2 Å². The van der Waals surface area contributed by atoms with Gasteiger partial charge in [-0.15, -0.1) is 0 Å². The Morgan fingerprint density at radius 1 is 1.07 bits per heavy atom. The Labute approximate surface area is 159 Å². The van der Waals surface area contributed by atoms with Crippen LogP contribution in [0.25, 0.3) is 10.8 Å². The molecule has 2 aromatic carbocycles. The number of esters is 1. The van der Waals surface area contributed by atoms with Gasteiger partial charge in [-0.3, -0.25) is 9.59 Å². The standard InChI is InChI=1S/C18H18F3NO5S/c1-17(2,3)16(24)27-14-9-11(8-12-6-4-5-7-13(12)14)10-15(23)22-28(25,26)18(19,20)21/h4-9H,10H2,1-3H3,(H,22,23). The average molecular weight is 417 g/mol. The van der Waals surface area contributed by atoms with E-state index < -0.39 is 39.2 Å². The number of amides is 1. The molecule has 1 N–H and O–H groups in total. The molecule has 0 spiro atoms. The van der Waals surface area contributed by atoms with Crippen molar-refractivity contribution in [3.63, 3.8) is 0 Å². The Kier molecular flexibility index (Phi) is 5.74. The van der Waals surface area contributed by atoms with Gasteiger partial charge in [0.05, 0.1) is 11.8 Å². The number of hydrogen-bond donors (Lipinski definition) is 1. The number of carbonyl (C=O) groups is 2. The van der Waals surface area contributed by atoms with E-state index in [1.807, 2.05) is 0 Å². The first-order chi connectivity index (χ1) is 12.7. The Hall–Kier alpha value is -2.62. The van der Waals surface area contributed by atoms with Crippen molar-refractivity contribution in [1.82, 2.24) is 4.72 Å². The fourth-order valence-electron chi connectivity index (χ4n) is 2.20. The molecule has 152 valence electrons. The third kappa shape index (κ3) is 5.00. The predicted octanol–water partition coefficient (Wildman–Crippen LogP) is 3.30. The molecule has 0 saturated heterocycles. The highest BCUT2D eigenvalue weighted by Gasteiger charge is 2.46. The number of hydrogen-bond acceptors (Lipinski definition) is 5. The summed E-state index contributed by atoms with van der Waals surface area (Å²) in [6, 6.07) is 9.57. The van der Waals surface area contributed by atoms with Crippen LogP contribution in [0.5, 0.6) is 5.75 Å². The number of carbonyl (C=O) groups excluding carboxylic acids is 2. The summed E-state index contributed by atoms with van der Waals surface area (Å²) in [5, 5.41) is 1.13. The van der Waals surface area contributed by atoms with Crippen LogP contribution in [0.3, 0.4) is 0 Å². The van der Waals surface area contributed by atoms with Gasteiger partial charge in [0.2, 0.25) is 5.91 Å². The lowest BCUT2D eigenvalue weighted by molar-refractivity contribution is -0.142. The maximum atomic E-state index is 12.4. The predicted molar refractivity (Wildman–Crippen MR) is 95.9 cm³/mol. The zero-order chi connectivity index (χ0) is 21.3. The third-order valence-electron chi connectivity index (χ3n) is 3.62. The quantitative estimate of drug-likeness (QED) is 0.609. The summed E-state index contributed by atoms with van der Waals surface area (Å²) >= 11 is 0. The minimum atomic E-state index is -5.79. The van der Waals surface area contributed by atoms with Crippen molar-refractivity contribution in [2.75, 3.05) is 0 Å². The van der Waals surface area contributed by atoms with E-state index in [4.69, 9.17) is 4.74 Å². The van der Waals surface area contributed by atoms with Crippen LogP contribution >= 0.6 is 0 Å². The summed E-state index contributed by atoms with van der Waals surface area (Å²) in [4.78, 5) is 24.0. The van der Waals surface area contributed by atoms with E-state index in [2.05, 4.69) is 0 Å². The minimum Gasteiger partial charge on any atom is -0.425 e. The zero-order valence-corrected chi connectivity index (χ0v) is 16.1. The first-order valence-electron chi connectivity index (χ1n) is 8.06. The second-order valence-electron chi connectivity index (χ2n) is 7.11. The molecule has 0 aromatic heterocycles. The molecular weight excluding hydrogens is 399 g/mol. The van der Waals surface area contributed by atoms with Crippen LogP contribution in [0.1, 0.15) is 26.3 Å². The monoisotopic (exact) mass is 417 g/mol. The summed E-state index contributed by atoms with van der Waals surface area (Å²) < 4.78 is 65.7. The van der Waals surface area contributed by atoms with Crippen molar-refractivity contribution < 1.29 is 35.9 Å². The van der Waals surface area contributed by atoms with Crippen LogP contribution in [0.2, 0.25) is 0 Å². The third-order valence-corrected chi connectivity index (χ3v) is 4.72. The summed E-state index contributed by atoms with van der Waals surface area (Å²) in [7, 11) is -5.79. The molecule has 6 nitrogen and oxygen atoms in total. The number of fused-ring (bicyclic) bond motifs is 1. The van der Waals surface area contributed by atoms with E-state index in [0.29, 0.717) is 10.8 Å². The molecule has 0 fully saturated rings. The highest BCUT2D eigenvalue weighted by molar-refractivity contribution is 7.90. The van der Waals surface area contributed by atoms with Gasteiger partial charge in [0.25, 0.3) is 0 Å². The van der Waals surface area contributed by atoms with Crippen LogP contribution in [-0.2, 0) is 26.0 Å². The van der Waals surface area contributed by atoms with Crippen molar-refractivity contribution in [1.29, 1.82) is 0 Å². The lowest BCUT2D eigenvalue weighted by Crippen LogP contribution is -2.40. The number of halogens is 3. The van der Waals surface area contributed by atoms with Gasteiger partial charge in [0.1, 0.15) is 5.75 Å². The molecule has 2 rings (SSSR count). The molecule has 0 bridgehead atoms. The number of nitrogens with one attached hydrogen (secondary N) is 1. The van der Waals surface area contributed by atoms with Crippen LogP contribution in [-0.4, -0.2) is 25.8 Å². The molecule has 0 aliphatic heterocycles. The fourth-order valence-corrected chi connectivity index (χ4v) is 2.69. The summed E-state index contributed by atoms with van der Waals surface area (Å²) in [5.41, 5.74) is -6.22. The fraction of sp³-hybridized carbons (Fsp3) is 0.333. The van der Waals surface area contributed by atoms with Crippen molar-refractivity contribution in [2.24, 2.45) is 5.41 Å². The zero-order valence-electron chi connectivity index (χ0n) is 15.3. The summed E-state index contributed by atoms with van der Waals surface area (Å²) in [5.74, 6) is -1.78. The van der Waals surface area contributed by atoms with E-state index in [-0.39, 0.29) is 11.3 Å². The smallest absolute Gasteiger partial charge is 0.425 e. The average Bonchev–Trinajstić information content (AvgIpc) is 2.52. The molecule has 0 unspecified atom stereocenters. The Morgan fingerprint density at radius 2 is 1.68 bits per heavy atom. The maximum absolute atomic E-state index is 12.4. The van der Waals surface area contributed by atoms with E-state index in [1.54, 1.807) is 45.0 Å². The van der Waals surface area contributed by atoms with Gasteiger partial charge in [-0.25, -0.2) is 4.72 Å². The molecule has 0 aliphatic rings. The number of sulfonamides is 1.